The monoisotopic (exact) mass is 340 g/mol. The predicted molar refractivity (Wildman–Crippen MR) is 91.6 cm³/mol. The highest BCUT2D eigenvalue weighted by Crippen LogP contribution is 2.18. The number of ether oxygens (including phenoxy) is 1. The summed E-state index contributed by atoms with van der Waals surface area (Å²) in [6, 6.07) is 11.2. The van der Waals surface area contributed by atoms with Crippen LogP contribution < -0.4 is 10.5 Å². The maximum atomic E-state index is 12.6. The highest BCUT2D eigenvalue weighted by Gasteiger charge is 1.96. The van der Waals surface area contributed by atoms with E-state index >= 15 is 0 Å². The summed E-state index contributed by atoms with van der Waals surface area (Å²) in [5.41, 5.74) is 5.28. The van der Waals surface area contributed by atoms with Crippen molar-refractivity contribution < 1.29 is 9.13 Å². The third-order valence-electron chi connectivity index (χ3n) is 2.76. The van der Waals surface area contributed by atoms with E-state index in [1.54, 1.807) is 53.6 Å². The largest absolute Gasteiger partial charge is 0.439 e. The number of nitrogens with zero attached hydrogens (tertiary/aromatic N) is 5. The fourth-order valence-corrected chi connectivity index (χ4v) is 1.71. The Balaban J connectivity index is 0.000000176. The molecule has 0 spiro atoms. The quantitative estimate of drug-likeness (QED) is 0.603. The van der Waals surface area contributed by atoms with Gasteiger partial charge in [-0.1, -0.05) is 6.07 Å². The SMILES string of the molecule is CN.Fc1ccc(Oc2ccccn2)cc1.c1cn2ncnc2cn1. The zero-order valence-corrected chi connectivity index (χ0v) is 13.5. The van der Waals surface area contributed by atoms with Gasteiger partial charge < -0.3 is 10.5 Å². The van der Waals surface area contributed by atoms with Crippen molar-refractivity contribution in [2.75, 3.05) is 7.05 Å². The van der Waals surface area contributed by atoms with Crippen LogP contribution in [0.1, 0.15) is 0 Å². The zero-order valence-electron chi connectivity index (χ0n) is 13.5. The molecule has 128 valence electrons. The molecule has 3 aromatic heterocycles. The molecule has 0 saturated carbocycles. The van der Waals surface area contributed by atoms with E-state index in [1.807, 2.05) is 6.07 Å². The molecule has 4 aromatic rings. The lowest BCUT2D eigenvalue weighted by Crippen LogP contribution is -1.86. The zero-order chi connectivity index (χ0) is 17.9. The summed E-state index contributed by atoms with van der Waals surface area (Å²) < 4.78 is 19.6. The van der Waals surface area contributed by atoms with Crippen LogP contribution >= 0.6 is 0 Å². The van der Waals surface area contributed by atoms with Gasteiger partial charge in [-0.2, -0.15) is 5.10 Å². The van der Waals surface area contributed by atoms with Crippen molar-refractivity contribution in [3.8, 4) is 11.6 Å². The second kappa shape index (κ2) is 9.68. The fraction of sp³-hybridized carbons (Fsp3) is 0.0588. The maximum Gasteiger partial charge on any atom is 0.219 e. The molecule has 0 fully saturated rings. The number of pyridine rings is 1. The first-order chi connectivity index (χ1) is 12.3. The molecule has 0 aliphatic carbocycles. The number of hydrogen-bond donors (Lipinski definition) is 1. The van der Waals surface area contributed by atoms with E-state index in [0.717, 1.165) is 5.65 Å². The first-order valence-corrected chi connectivity index (χ1v) is 7.33. The van der Waals surface area contributed by atoms with Gasteiger partial charge in [0.25, 0.3) is 0 Å². The highest BCUT2D eigenvalue weighted by atomic mass is 19.1. The van der Waals surface area contributed by atoms with Crippen LogP contribution in [0.3, 0.4) is 0 Å². The average molecular weight is 340 g/mol. The third kappa shape index (κ3) is 5.63. The topological polar surface area (TPSA) is 91.2 Å². The molecule has 0 atom stereocenters. The molecule has 4 rings (SSSR count). The smallest absolute Gasteiger partial charge is 0.219 e. The summed E-state index contributed by atoms with van der Waals surface area (Å²) in [5, 5.41) is 3.88. The first kappa shape index (κ1) is 18.0. The highest BCUT2D eigenvalue weighted by molar-refractivity contribution is 5.30. The van der Waals surface area contributed by atoms with Gasteiger partial charge in [0, 0.05) is 24.7 Å². The van der Waals surface area contributed by atoms with Gasteiger partial charge in [-0.3, -0.25) is 4.98 Å². The third-order valence-corrected chi connectivity index (χ3v) is 2.76. The predicted octanol–water partition coefficient (Wildman–Crippen LogP) is 2.71. The summed E-state index contributed by atoms with van der Waals surface area (Å²) in [6.07, 6.45) is 8.22. The van der Waals surface area contributed by atoms with Gasteiger partial charge in [0.2, 0.25) is 5.88 Å². The number of halogens is 1. The average Bonchev–Trinajstić information content (AvgIpc) is 3.16. The first-order valence-electron chi connectivity index (χ1n) is 7.33. The molecule has 25 heavy (non-hydrogen) atoms. The normalized spacial score (nSPS) is 9.40. The molecular weight excluding hydrogens is 323 g/mol. The van der Waals surface area contributed by atoms with Gasteiger partial charge >= 0.3 is 0 Å². The van der Waals surface area contributed by atoms with Crippen LogP contribution in [0.15, 0.2) is 73.6 Å². The van der Waals surface area contributed by atoms with Crippen LogP contribution in [0, 0.1) is 5.82 Å². The van der Waals surface area contributed by atoms with E-state index in [2.05, 4.69) is 25.8 Å². The number of rotatable bonds is 2. The summed E-state index contributed by atoms with van der Waals surface area (Å²) in [6.45, 7) is 0. The molecule has 0 bridgehead atoms. The standard InChI is InChI=1S/C11H8FNO.C5H4N4.CH5N/c12-9-4-6-10(7-5-9)14-11-3-1-2-8-13-11;1-2-9-5(3-6-1)7-4-8-9;1-2/h1-8H;1-4H;2H2,1H3. The molecule has 0 radical (unpaired) electrons. The van der Waals surface area contributed by atoms with E-state index in [0.29, 0.717) is 11.6 Å². The summed E-state index contributed by atoms with van der Waals surface area (Å²) in [7, 11) is 1.50. The molecule has 0 saturated heterocycles. The summed E-state index contributed by atoms with van der Waals surface area (Å²) in [4.78, 5) is 11.8. The Labute approximate surface area is 144 Å². The summed E-state index contributed by atoms with van der Waals surface area (Å²) >= 11 is 0. The number of hydrogen-bond acceptors (Lipinski definition) is 6. The second-order valence-electron chi connectivity index (χ2n) is 4.36. The van der Waals surface area contributed by atoms with Crippen molar-refractivity contribution in [2.24, 2.45) is 5.73 Å². The Morgan fingerprint density at radius 3 is 2.48 bits per heavy atom. The Kier molecular flexibility index (Phi) is 6.95. The lowest BCUT2D eigenvalue weighted by Gasteiger charge is -2.02. The Morgan fingerprint density at radius 1 is 1.00 bits per heavy atom. The minimum atomic E-state index is -0.279. The maximum absolute atomic E-state index is 12.6. The van der Waals surface area contributed by atoms with E-state index in [9.17, 15) is 4.39 Å². The van der Waals surface area contributed by atoms with E-state index < -0.39 is 0 Å². The van der Waals surface area contributed by atoms with Gasteiger partial charge in [0.1, 0.15) is 17.9 Å². The van der Waals surface area contributed by atoms with Crippen LogP contribution in [0.2, 0.25) is 0 Å². The minimum Gasteiger partial charge on any atom is -0.439 e. The van der Waals surface area contributed by atoms with Crippen molar-refractivity contribution in [1.82, 2.24) is 24.6 Å². The number of aromatic nitrogens is 5. The number of nitrogens with two attached hydrogens (primary N) is 1. The molecule has 1 aromatic carbocycles. The van der Waals surface area contributed by atoms with Gasteiger partial charge in [-0.15, -0.1) is 0 Å². The van der Waals surface area contributed by atoms with Crippen molar-refractivity contribution in [2.45, 2.75) is 0 Å². The molecule has 0 unspecified atom stereocenters. The molecule has 7 nitrogen and oxygen atoms in total. The second-order valence-corrected chi connectivity index (χ2v) is 4.36. The Morgan fingerprint density at radius 2 is 1.80 bits per heavy atom. The number of benzene rings is 1. The Hall–Kier alpha value is -3.39. The number of fused-ring (bicyclic) bond motifs is 1. The molecule has 0 amide bonds. The van der Waals surface area contributed by atoms with Crippen molar-refractivity contribution >= 4 is 5.65 Å². The van der Waals surface area contributed by atoms with Crippen molar-refractivity contribution in [3.05, 3.63) is 79.4 Å². The fourth-order valence-electron chi connectivity index (χ4n) is 1.71. The van der Waals surface area contributed by atoms with Crippen molar-refractivity contribution in [3.63, 3.8) is 0 Å². The lowest BCUT2D eigenvalue weighted by molar-refractivity contribution is 0.461. The van der Waals surface area contributed by atoms with Crippen LogP contribution in [-0.4, -0.2) is 31.6 Å². The molecule has 3 heterocycles. The van der Waals surface area contributed by atoms with Gasteiger partial charge in [0.15, 0.2) is 5.65 Å². The molecule has 8 heteroatoms. The molecule has 2 N–H and O–H groups in total. The van der Waals surface area contributed by atoms with Gasteiger partial charge in [-0.25, -0.2) is 18.9 Å². The molecular formula is C17H17FN6O. The van der Waals surface area contributed by atoms with E-state index in [4.69, 9.17) is 4.74 Å². The van der Waals surface area contributed by atoms with Gasteiger partial charge in [0.05, 0.1) is 6.20 Å². The van der Waals surface area contributed by atoms with E-state index in [1.165, 1.54) is 25.5 Å². The van der Waals surface area contributed by atoms with Crippen LogP contribution in [0.5, 0.6) is 11.6 Å². The summed E-state index contributed by atoms with van der Waals surface area (Å²) in [5.74, 6) is 0.794. The van der Waals surface area contributed by atoms with Crippen LogP contribution in [0.4, 0.5) is 4.39 Å². The molecule has 0 aliphatic rings. The molecule has 0 aliphatic heterocycles. The Bertz CT molecular complexity index is 837. The van der Waals surface area contributed by atoms with Crippen LogP contribution in [0.25, 0.3) is 5.65 Å². The lowest BCUT2D eigenvalue weighted by atomic mass is 10.3. The van der Waals surface area contributed by atoms with Gasteiger partial charge in [-0.05, 0) is 37.4 Å². The minimum absolute atomic E-state index is 0.279. The van der Waals surface area contributed by atoms with Crippen LogP contribution in [-0.2, 0) is 0 Å². The van der Waals surface area contributed by atoms with Crippen molar-refractivity contribution in [1.29, 1.82) is 0 Å². The van der Waals surface area contributed by atoms with E-state index in [-0.39, 0.29) is 5.82 Å².